The third-order valence-corrected chi connectivity index (χ3v) is 5.75. The summed E-state index contributed by atoms with van der Waals surface area (Å²) in [6.07, 6.45) is 2.15. The van der Waals surface area contributed by atoms with E-state index >= 15 is 0 Å². The van der Waals surface area contributed by atoms with E-state index in [2.05, 4.69) is 49.3 Å². The molecule has 0 radical (unpaired) electrons. The van der Waals surface area contributed by atoms with Crippen molar-refractivity contribution in [2.75, 3.05) is 13.1 Å². The molecule has 3 aromatic rings. The summed E-state index contributed by atoms with van der Waals surface area (Å²) in [6.45, 7) is 8.56. The molecule has 4 rings (SSSR count). The number of nitrogens with zero attached hydrogens (tertiary/aromatic N) is 1. The highest BCUT2D eigenvalue weighted by Crippen LogP contribution is 2.26. The molecule has 0 spiro atoms. The molecule has 0 saturated carbocycles. The monoisotopic (exact) mass is 403 g/mol. The molecule has 0 unspecified atom stereocenters. The van der Waals surface area contributed by atoms with Crippen LogP contribution in [0, 0.1) is 0 Å². The number of amides is 2. The zero-order chi connectivity index (χ0) is 21.3. The van der Waals surface area contributed by atoms with E-state index < -0.39 is 0 Å². The molecule has 0 atom stereocenters. The molecular weight excluding hydrogens is 374 g/mol. The Bertz CT molecular complexity index is 1090. The summed E-state index contributed by atoms with van der Waals surface area (Å²) in [4.78, 5) is 30.4. The van der Waals surface area contributed by atoms with Gasteiger partial charge in [0.15, 0.2) is 0 Å². The number of H-pyrrole nitrogens is 1. The van der Waals surface area contributed by atoms with Gasteiger partial charge < -0.3 is 15.2 Å². The Kier molecular flexibility index (Phi) is 5.37. The average molecular weight is 404 g/mol. The number of likely N-dealkylation sites (tertiary alicyclic amines) is 1. The third-order valence-electron chi connectivity index (χ3n) is 5.75. The molecule has 1 saturated heterocycles. The van der Waals surface area contributed by atoms with Gasteiger partial charge in [-0.15, -0.1) is 0 Å². The van der Waals surface area contributed by atoms with Crippen molar-refractivity contribution < 1.29 is 9.59 Å². The number of rotatable bonds is 4. The van der Waals surface area contributed by atoms with E-state index in [9.17, 15) is 9.59 Å². The number of hydrogen-bond acceptors (Lipinski definition) is 2. The van der Waals surface area contributed by atoms with E-state index in [0.717, 1.165) is 42.4 Å². The SMILES string of the molecule is CC(C)(C)c1ccc2cc(C(=O)NCc3cccc(C(=O)N4CCCC4)c3)[nH]c2c1. The number of fused-ring (bicyclic) bond motifs is 1. The fourth-order valence-corrected chi connectivity index (χ4v) is 3.91. The van der Waals surface area contributed by atoms with Crippen LogP contribution in [-0.2, 0) is 12.0 Å². The molecule has 1 aromatic heterocycles. The predicted molar refractivity (Wildman–Crippen MR) is 120 cm³/mol. The number of hydrogen-bond donors (Lipinski definition) is 2. The van der Waals surface area contributed by atoms with Gasteiger partial charge in [-0.2, -0.15) is 0 Å². The maximum Gasteiger partial charge on any atom is 0.267 e. The summed E-state index contributed by atoms with van der Waals surface area (Å²) in [6, 6.07) is 15.7. The molecule has 5 nitrogen and oxygen atoms in total. The second kappa shape index (κ2) is 7.98. The Morgan fingerprint density at radius 3 is 2.53 bits per heavy atom. The molecule has 5 heteroatoms. The van der Waals surface area contributed by atoms with E-state index in [4.69, 9.17) is 0 Å². The lowest BCUT2D eigenvalue weighted by atomic mass is 9.87. The van der Waals surface area contributed by atoms with Gasteiger partial charge in [0, 0.05) is 36.1 Å². The van der Waals surface area contributed by atoms with Crippen molar-refractivity contribution in [3.8, 4) is 0 Å². The molecule has 2 amide bonds. The summed E-state index contributed by atoms with van der Waals surface area (Å²) in [7, 11) is 0. The first-order valence-corrected chi connectivity index (χ1v) is 10.6. The Balaban J connectivity index is 1.44. The van der Waals surface area contributed by atoms with Crippen LogP contribution in [-0.4, -0.2) is 34.8 Å². The maximum atomic E-state index is 12.7. The summed E-state index contributed by atoms with van der Waals surface area (Å²) in [5.74, 6) is -0.0780. The van der Waals surface area contributed by atoms with Crippen LogP contribution in [0.2, 0.25) is 0 Å². The quantitative estimate of drug-likeness (QED) is 0.667. The number of carbonyl (C=O) groups is 2. The van der Waals surface area contributed by atoms with Crippen molar-refractivity contribution in [2.45, 2.75) is 45.6 Å². The Morgan fingerprint density at radius 1 is 1.03 bits per heavy atom. The summed E-state index contributed by atoms with van der Waals surface area (Å²) in [5.41, 5.74) is 4.39. The smallest absolute Gasteiger partial charge is 0.267 e. The van der Waals surface area contributed by atoms with Crippen molar-refractivity contribution in [3.63, 3.8) is 0 Å². The Labute approximate surface area is 177 Å². The van der Waals surface area contributed by atoms with Crippen molar-refractivity contribution in [3.05, 3.63) is 70.9 Å². The van der Waals surface area contributed by atoms with E-state index in [0.29, 0.717) is 17.8 Å². The van der Waals surface area contributed by atoms with Crippen LogP contribution >= 0.6 is 0 Å². The van der Waals surface area contributed by atoms with Gasteiger partial charge in [-0.3, -0.25) is 9.59 Å². The molecule has 1 aliphatic rings. The minimum absolute atomic E-state index is 0.0548. The lowest BCUT2D eigenvalue weighted by molar-refractivity contribution is 0.0792. The zero-order valence-electron chi connectivity index (χ0n) is 17.9. The average Bonchev–Trinajstić information content (AvgIpc) is 3.40. The molecule has 1 aliphatic heterocycles. The highest BCUT2D eigenvalue weighted by molar-refractivity contribution is 5.98. The fraction of sp³-hybridized carbons (Fsp3) is 0.360. The molecule has 0 bridgehead atoms. The van der Waals surface area contributed by atoms with Crippen LogP contribution in [0.3, 0.4) is 0 Å². The largest absolute Gasteiger partial charge is 0.351 e. The highest BCUT2D eigenvalue weighted by atomic mass is 16.2. The van der Waals surface area contributed by atoms with Gasteiger partial charge in [-0.25, -0.2) is 0 Å². The number of benzene rings is 2. The fourth-order valence-electron chi connectivity index (χ4n) is 3.91. The highest BCUT2D eigenvalue weighted by Gasteiger charge is 2.20. The Hall–Kier alpha value is -3.08. The van der Waals surface area contributed by atoms with E-state index in [1.807, 2.05) is 35.2 Å². The number of aromatic nitrogens is 1. The van der Waals surface area contributed by atoms with Crippen molar-refractivity contribution >= 4 is 22.7 Å². The van der Waals surface area contributed by atoms with Gasteiger partial charge in [-0.05, 0) is 53.6 Å². The molecule has 156 valence electrons. The standard InChI is InChI=1S/C25H29N3O2/c1-25(2,3)20-10-9-18-14-22(27-21(18)15-20)23(29)26-16-17-7-6-8-19(13-17)24(30)28-11-4-5-12-28/h6-10,13-15,27H,4-5,11-12,16H2,1-3H3,(H,26,29). The molecule has 1 fully saturated rings. The van der Waals surface area contributed by atoms with E-state index in [-0.39, 0.29) is 17.2 Å². The number of carbonyl (C=O) groups excluding carboxylic acids is 2. The van der Waals surface area contributed by atoms with Crippen LogP contribution < -0.4 is 5.32 Å². The van der Waals surface area contributed by atoms with Gasteiger partial charge in [0.2, 0.25) is 0 Å². The number of aromatic amines is 1. The van der Waals surface area contributed by atoms with Crippen LogP contribution in [0.4, 0.5) is 0 Å². The first-order chi connectivity index (χ1) is 14.3. The second-order valence-corrected chi connectivity index (χ2v) is 9.12. The van der Waals surface area contributed by atoms with Crippen molar-refractivity contribution in [2.24, 2.45) is 0 Å². The van der Waals surface area contributed by atoms with E-state index in [1.165, 1.54) is 5.56 Å². The molecular formula is C25H29N3O2. The molecule has 2 heterocycles. The summed E-state index contributed by atoms with van der Waals surface area (Å²) >= 11 is 0. The Morgan fingerprint density at radius 2 is 1.80 bits per heavy atom. The maximum absolute atomic E-state index is 12.7. The first-order valence-electron chi connectivity index (χ1n) is 10.6. The van der Waals surface area contributed by atoms with Crippen LogP contribution in [0.1, 0.15) is 65.6 Å². The van der Waals surface area contributed by atoms with Crippen molar-refractivity contribution in [1.29, 1.82) is 0 Å². The molecule has 0 aliphatic carbocycles. The normalized spacial score (nSPS) is 14.3. The molecule has 2 aromatic carbocycles. The summed E-state index contributed by atoms with van der Waals surface area (Å²) in [5, 5.41) is 3.98. The van der Waals surface area contributed by atoms with Crippen molar-refractivity contribution in [1.82, 2.24) is 15.2 Å². The summed E-state index contributed by atoms with van der Waals surface area (Å²) < 4.78 is 0. The minimum Gasteiger partial charge on any atom is -0.351 e. The van der Waals surface area contributed by atoms with Gasteiger partial charge >= 0.3 is 0 Å². The van der Waals surface area contributed by atoms with E-state index in [1.54, 1.807) is 0 Å². The van der Waals surface area contributed by atoms with Gasteiger partial charge in [-0.1, -0.05) is 45.0 Å². The molecule has 2 N–H and O–H groups in total. The first kappa shape index (κ1) is 20.2. The number of nitrogens with one attached hydrogen (secondary N) is 2. The molecule has 30 heavy (non-hydrogen) atoms. The topological polar surface area (TPSA) is 65.2 Å². The van der Waals surface area contributed by atoms with Gasteiger partial charge in [0.25, 0.3) is 11.8 Å². The second-order valence-electron chi connectivity index (χ2n) is 9.12. The minimum atomic E-state index is -0.153. The van der Waals surface area contributed by atoms with Gasteiger partial charge in [0.1, 0.15) is 5.69 Å². The third kappa shape index (κ3) is 4.25. The van der Waals surface area contributed by atoms with Crippen LogP contribution in [0.15, 0.2) is 48.5 Å². The van der Waals surface area contributed by atoms with Crippen LogP contribution in [0.5, 0.6) is 0 Å². The lowest BCUT2D eigenvalue weighted by Gasteiger charge is -2.18. The zero-order valence-corrected chi connectivity index (χ0v) is 17.9. The van der Waals surface area contributed by atoms with Crippen LogP contribution in [0.25, 0.3) is 10.9 Å². The van der Waals surface area contributed by atoms with Gasteiger partial charge in [0.05, 0.1) is 0 Å². The lowest BCUT2D eigenvalue weighted by Crippen LogP contribution is -2.28. The predicted octanol–water partition coefficient (Wildman–Crippen LogP) is 4.63.